The summed E-state index contributed by atoms with van der Waals surface area (Å²) >= 11 is 0. The molecule has 1 unspecified atom stereocenters. The van der Waals surface area contributed by atoms with Crippen molar-refractivity contribution in [3.8, 4) is 0 Å². The highest BCUT2D eigenvalue weighted by molar-refractivity contribution is 7.91. The number of hydrogen-bond donors (Lipinski definition) is 2. The molecule has 0 aliphatic heterocycles. The van der Waals surface area contributed by atoms with Gasteiger partial charge in [-0.15, -0.1) is 12.4 Å². The predicted molar refractivity (Wildman–Crippen MR) is 93.0 cm³/mol. The number of benzene rings is 1. The zero-order chi connectivity index (χ0) is 16.0. The Morgan fingerprint density at radius 3 is 2.50 bits per heavy atom. The number of anilines is 1. The van der Waals surface area contributed by atoms with Crippen LogP contribution >= 0.6 is 12.4 Å². The molecular formula is C15H25ClN2O3S. The van der Waals surface area contributed by atoms with E-state index in [0.717, 1.165) is 6.42 Å². The molecule has 0 saturated heterocycles. The third-order valence-electron chi connectivity index (χ3n) is 3.22. The maximum Gasteiger partial charge on any atom is 0.241 e. The van der Waals surface area contributed by atoms with E-state index in [1.807, 2.05) is 6.92 Å². The van der Waals surface area contributed by atoms with Crippen molar-refractivity contribution in [2.75, 3.05) is 5.32 Å². The van der Waals surface area contributed by atoms with E-state index in [9.17, 15) is 13.2 Å². The molecule has 0 fully saturated rings. The topological polar surface area (TPSA) is 89.3 Å². The maximum absolute atomic E-state index is 11.9. The van der Waals surface area contributed by atoms with Crippen LogP contribution in [0.4, 0.5) is 5.69 Å². The smallest absolute Gasteiger partial charge is 0.241 e. The van der Waals surface area contributed by atoms with Gasteiger partial charge < -0.3 is 11.1 Å². The van der Waals surface area contributed by atoms with Crippen molar-refractivity contribution < 1.29 is 13.2 Å². The van der Waals surface area contributed by atoms with Crippen molar-refractivity contribution in [3.63, 3.8) is 0 Å². The van der Waals surface area contributed by atoms with E-state index in [4.69, 9.17) is 5.73 Å². The summed E-state index contributed by atoms with van der Waals surface area (Å²) in [7, 11) is -3.16. The molecule has 3 N–H and O–H groups in total. The Hall–Kier alpha value is -1.11. The van der Waals surface area contributed by atoms with Crippen LogP contribution in [0.2, 0.25) is 0 Å². The van der Waals surface area contributed by atoms with E-state index in [0.29, 0.717) is 17.7 Å². The van der Waals surface area contributed by atoms with Crippen molar-refractivity contribution in [1.29, 1.82) is 0 Å². The Bertz CT molecular complexity index is 588. The number of hydrogen-bond acceptors (Lipinski definition) is 4. The van der Waals surface area contributed by atoms with Crippen LogP contribution in [0.15, 0.2) is 24.3 Å². The number of amides is 1. The van der Waals surface area contributed by atoms with Crippen LogP contribution in [0.1, 0.15) is 39.2 Å². The quantitative estimate of drug-likeness (QED) is 0.792. The molecule has 7 heteroatoms. The molecule has 0 aliphatic carbocycles. The van der Waals surface area contributed by atoms with E-state index in [-0.39, 0.29) is 24.1 Å². The summed E-state index contributed by atoms with van der Waals surface area (Å²) in [5, 5.41) is 2.30. The molecule has 1 atom stereocenters. The normalized spacial score (nSPS) is 12.6. The molecule has 1 rings (SSSR count). The van der Waals surface area contributed by atoms with Crippen molar-refractivity contribution in [3.05, 3.63) is 29.8 Å². The van der Waals surface area contributed by atoms with Crippen molar-refractivity contribution >= 4 is 33.8 Å². The first-order valence-electron chi connectivity index (χ1n) is 7.13. The van der Waals surface area contributed by atoms with Gasteiger partial charge in [-0.25, -0.2) is 8.42 Å². The van der Waals surface area contributed by atoms with Crippen LogP contribution in [0.25, 0.3) is 0 Å². The van der Waals surface area contributed by atoms with E-state index in [1.54, 1.807) is 38.1 Å². The largest absolute Gasteiger partial charge is 0.325 e. The number of nitrogens with one attached hydrogen (secondary N) is 1. The Morgan fingerprint density at radius 1 is 1.32 bits per heavy atom. The third-order valence-corrected chi connectivity index (χ3v) is 5.39. The second-order valence-corrected chi connectivity index (χ2v) is 8.00. The van der Waals surface area contributed by atoms with Gasteiger partial charge in [0.25, 0.3) is 0 Å². The van der Waals surface area contributed by atoms with Gasteiger partial charge in [-0.3, -0.25) is 4.79 Å². The summed E-state index contributed by atoms with van der Waals surface area (Å²) in [6, 6.07) is 6.32. The fourth-order valence-corrected chi connectivity index (χ4v) is 2.79. The maximum atomic E-state index is 11.9. The van der Waals surface area contributed by atoms with Gasteiger partial charge in [0.15, 0.2) is 9.84 Å². The van der Waals surface area contributed by atoms with Crippen LogP contribution in [0.5, 0.6) is 0 Å². The number of nitrogens with two attached hydrogens (primary N) is 1. The molecule has 0 saturated carbocycles. The number of halogens is 1. The Morgan fingerprint density at radius 2 is 1.95 bits per heavy atom. The van der Waals surface area contributed by atoms with Crippen LogP contribution in [0.3, 0.4) is 0 Å². The molecule has 5 nitrogen and oxygen atoms in total. The molecule has 0 spiro atoms. The first-order valence-corrected chi connectivity index (χ1v) is 8.84. The van der Waals surface area contributed by atoms with E-state index < -0.39 is 21.1 Å². The summed E-state index contributed by atoms with van der Waals surface area (Å²) in [5.41, 5.74) is 6.98. The van der Waals surface area contributed by atoms with Gasteiger partial charge in [-0.1, -0.05) is 25.5 Å². The highest BCUT2D eigenvalue weighted by atomic mass is 35.5. The number of carbonyl (C=O) groups excluding carboxylic acids is 1. The minimum Gasteiger partial charge on any atom is -0.325 e. The van der Waals surface area contributed by atoms with Gasteiger partial charge >= 0.3 is 0 Å². The van der Waals surface area contributed by atoms with E-state index in [2.05, 4.69) is 5.32 Å². The Balaban J connectivity index is 0.00000441. The molecule has 126 valence electrons. The standard InChI is InChI=1S/C15H24N2O3S.ClH/c1-4-6-14(16)15(18)17-13-8-5-7-12(9-13)10-21(19,20)11(2)3;/h5,7-9,11,14H,4,6,10,16H2,1-3H3,(H,17,18);1H. The average molecular weight is 349 g/mol. The first kappa shape index (κ1) is 20.9. The van der Waals surface area contributed by atoms with Gasteiger partial charge in [-0.05, 0) is 38.0 Å². The highest BCUT2D eigenvalue weighted by Gasteiger charge is 2.17. The van der Waals surface area contributed by atoms with Gasteiger partial charge in [-0.2, -0.15) is 0 Å². The monoisotopic (exact) mass is 348 g/mol. The summed E-state index contributed by atoms with van der Waals surface area (Å²) in [6.45, 7) is 5.28. The fraction of sp³-hybridized carbons (Fsp3) is 0.533. The zero-order valence-electron chi connectivity index (χ0n) is 13.2. The molecule has 0 bridgehead atoms. The molecule has 0 heterocycles. The lowest BCUT2D eigenvalue weighted by molar-refractivity contribution is -0.117. The van der Waals surface area contributed by atoms with Gasteiger partial charge in [0.1, 0.15) is 0 Å². The second kappa shape index (κ2) is 9.12. The third kappa shape index (κ3) is 6.34. The number of sulfone groups is 1. The lowest BCUT2D eigenvalue weighted by atomic mass is 10.1. The zero-order valence-corrected chi connectivity index (χ0v) is 14.8. The first-order chi connectivity index (χ1) is 9.76. The van der Waals surface area contributed by atoms with Crippen LogP contribution in [-0.4, -0.2) is 25.6 Å². The van der Waals surface area contributed by atoms with Crippen LogP contribution < -0.4 is 11.1 Å². The molecular weight excluding hydrogens is 324 g/mol. The summed E-state index contributed by atoms with van der Waals surface area (Å²) in [5.74, 6) is -0.282. The fourth-order valence-electron chi connectivity index (χ4n) is 1.81. The Labute approximate surface area is 139 Å². The van der Waals surface area contributed by atoms with Crippen LogP contribution in [0, 0.1) is 0 Å². The van der Waals surface area contributed by atoms with E-state index in [1.165, 1.54) is 0 Å². The van der Waals surface area contributed by atoms with Gasteiger partial charge in [0.05, 0.1) is 17.0 Å². The lowest BCUT2D eigenvalue weighted by Crippen LogP contribution is -2.35. The minimum atomic E-state index is -3.16. The Kier molecular flexibility index (Phi) is 8.66. The van der Waals surface area contributed by atoms with Gasteiger partial charge in [0.2, 0.25) is 5.91 Å². The predicted octanol–water partition coefficient (Wildman–Crippen LogP) is 2.50. The molecule has 0 aliphatic rings. The van der Waals surface area contributed by atoms with Crippen LogP contribution in [-0.2, 0) is 20.4 Å². The molecule has 1 aromatic carbocycles. The minimum absolute atomic E-state index is 0. The second-order valence-electron chi connectivity index (χ2n) is 5.44. The molecule has 0 radical (unpaired) electrons. The van der Waals surface area contributed by atoms with E-state index >= 15 is 0 Å². The molecule has 22 heavy (non-hydrogen) atoms. The summed E-state index contributed by atoms with van der Waals surface area (Å²) in [6.07, 6.45) is 1.45. The molecule has 0 aromatic heterocycles. The van der Waals surface area contributed by atoms with Crippen molar-refractivity contribution in [1.82, 2.24) is 0 Å². The number of carbonyl (C=O) groups is 1. The summed E-state index contributed by atoms with van der Waals surface area (Å²) < 4.78 is 23.8. The van der Waals surface area contributed by atoms with Crippen molar-refractivity contribution in [2.24, 2.45) is 5.73 Å². The summed E-state index contributed by atoms with van der Waals surface area (Å²) in [4.78, 5) is 11.9. The highest BCUT2D eigenvalue weighted by Crippen LogP contribution is 2.16. The van der Waals surface area contributed by atoms with Crippen molar-refractivity contribution in [2.45, 2.75) is 50.7 Å². The number of rotatable bonds is 7. The molecule has 1 aromatic rings. The van der Waals surface area contributed by atoms with Gasteiger partial charge in [0, 0.05) is 5.69 Å². The lowest BCUT2D eigenvalue weighted by Gasteiger charge is -2.12. The molecule has 1 amide bonds. The average Bonchev–Trinajstić information content (AvgIpc) is 2.38. The SMILES string of the molecule is CCCC(N)C(=O)Nc1cccc(CS(=O)(=O)C(C)C)c1.Cl.